The number of hydrogen-bond donors (Lipinski definition) is 2. The Morgan fingerprint density at radius 2 is 2.20 bits per heavy atom. The molecular formula is C14H15FN4O. The normalized spacial score (nSPS) is 10.2. The van der Waals surface area contributed by atoms with Crippen molar-refractivity contribution in [1.82, 2.24) is 9.88 Å². The number of nitrogen functional groups attached to an aromatic ring is 1. The molecule has 0 unspecified atom stereocenters. The van der Waals surface area contributed by atoms with Gasteiger partial charge in [0.2, 0.25) is 0 Å². The third-order valence-corrected chi connectivity index (χ3v) is 2.88. The fourth-order valence-electron chi connectivity index (χ4n) is 1.89. The average Bonchev–Trinajstić information content (AvgIpc) is 2.47. The first-order chi connectivity index (χ1) is 9.63. The molecule has 0 aliphatic rings. The lowest BCUT2D eigenvalue weighted by Crippen LogP contribution is -2.28. The first kappa shape index (κ1) is 14.0. The topological polar surface area (TPSA) is 71.2 Å². The maximum absolute atomic E-state index is 13.6. The summed E-state index contributed by atoms with van der Waals surface area (Å²) in [6.45, 7) is 0.382. The number of hydrogen-bond acceptors (Lipinski definition) is 4. The molecule has 0 fully saturated rings. The molecule has 0 saturated carbocycles. The van der Waals surface area contributed by atoms with Crippen LogP contribution in [0.4, 0.5) is 10.1 Å². The summed E-state index contributed by atoms with van der Waals surface area (Å²) in [7, 11) is 1.64. The molecule has 0 aliphatic carbocycles. The molecule has 1 amide bonds. The van der Waals surface area contributed by atoms with Crippen molar-refractivity contribution in [2.75, 3.05) is 12.5 Å². The first-order valence-electron chi connectivity index (χ1n) is 6.03. The summed E-state index contributed by atoms with van der Waals surface area (Å²) < 4.78 is 13.6. The fourth-order valence-corrected chi connectivity index (χ4v) is 1.89. The molecule has 0 bridgehead atoms. The number of anilines is 1. The van der Waals surface area contributed by atoms with Gasteiger partial charge in [-0.2, -0.15) is 0 Å². The number of pyridine rings is 1. The van der Waals surface area contributed by atoms with E-state index in [1.165, 1.54) is 23.1 Å². The Morgan fingerprint density at radius 3 is 2.85 bits per heavy atom. The van der Waals surface area contributed by atoms with Gasteiger partial charge in [0.1, 0.15) is 5.82 Å². The molecule has 20 heavy (non-hydrogen) atoms. The predicted octanol–water partition coefficient (Wildman–Crippen LogP) is 1.78. The standard InChI is InChI=1S/C14H15FN4O/c1-19(9-10-4-3-7-17-8-10)14(20)11-5-2-6-12(15)13(11)18-16/h2-8,18H,9,16H2,1H3. The summed E-state index contributed by atoms with van der Waals surface area (Å²) >= 11 is 0. The number of rotatable bonds is 4. The van der Waals surface area contributed by atoms with Gasteiger partial charge in [0.25, 0.3) is 5.91 Å². The molecule has 0 atom stereocenters. The molecule has 104 valence electrons. The molecule has 1 heterocycles. The molecule has 1 aromatic carbocycles. The lowest BCUT2D eigenvalue weighted by atomic mass is 10.1. The van der Waals surface area contributed by atoms with Gasteiger partial charge in [0, 0.05) is 26.0 Å². The first-order valence-corrected chi connectivity index (χ1v) is 6.03. The van der Waals surface area contributed by atoms with Crippen LogP contribution >= 0.6 is 0 Å². The Hall–Kier alpha value is -2.47. The Morgan fingerprint density at radius 1 is 1.40 bits per heavy atom. The van der Waals surface area contributed by atoms with Crippen LogP contribution < -0.4 is 11.3 Å². The molecule has 0 radical (unpaired) electrons. The minimum Gasteiger partial charge on any atom is -0.337 e. The van der Waals surface area contributed by atoms with Gasteiger partial charge >= 0.3 is 0 Å². The minimum atomic E-state index is -0.562. The second kappa shape index (κ2) is 6.12. The van der Waals surface area contributed by atoms with Gasteiger partial charge in [-0.25, -0.2) is 4.39 Å². The number of carbonyl (C=O) groups excluding carboxylic acids is 1. The van der Waals surface area contributed by atoms with Crippen LogP contribution in [-0.2, 0) is 6.54 Å². The molecule has 0 saturated heterocycles. The number of nitrogens with zero attached hydrogens (tertiary/aromatic N) is 2. The smallest absolute Gasteiger partial charge is 0.256 e. The van der Waals surface area contributed by atoms with Crippen molar-refractivity contribution < 1.29 is 9.18 Å². The Labute approximate surface area is 116 Å². The van der Waals surface area contributed by atoms with Gasteiger partial charge in [-0.15, -0.1) is 0 Å². The van der Waals surface area contributed by atoms with Crippen molar-refractivity contribution in [3.63, 3.8) is 0 Å². The SMILES string of the molecule is CN(Cc1cccnc1)C(=O)c1cccc(F)c1NN. The van der Waals surface area contributed by atoms with E-state index >= 15 is 0 Å². The highest BCUT2D eigenvalue weighted by Crippen LogP contribution is 2.20. The zero-order valence-corrected chi connectivity index (χ0v) is 11.0. The molecule has 0 spiro atoms. The quantitative estimate of drug-likeness (QED) is 0.658. The largest absolute Gasteiger partial charge is 0.337 e. The molecule has 5 nitrogen and oxygen atoms in total. The summed E-state index contributed by atoms with van der Waals surface area (Å²) in [5, 5.41) is 0. The highest BCUT2D eigenvalue weighted by atomic mass is 19.1. The fraction of sp³-hybridized carbons (Fsp3) is 0.143. The third kappa shape index (κ3) is 2.92. The van der Waals surface area contributed by atoms with E-state index < -0.39 is 5.82 Å². The van der Waals surface area contributed by atoms with Gasteiger partial charge < -0.3 is 10.3 Å². The molecule has 2 aromatic rings. The number of hydrazine groups is 1. The van der Waals surface area contributed by atoms with E-state index in [0.29, 0.717) is 6.54 Å². The molecule has 3 N–H and O–H groups in total. The Balaban J connectivity index is 2.21. The third-order valence-electron chi connectivity index (χ3n) is 2.88. The second-order valence-corrected chi connectivity index (χ2v) is 4.33. The Bertz CT molecular complexity index is 603. The molecule has 6 heteroatoms. The van der Waals surface area contributed by atoms with Crippen molar-refractivity contribution in [1.29, 1.82) is 0 Å². The summed E-state index contributed by atoms with van der Waals surface area (Å²) in [6, 6.07) is 7.90. The summed E-state index contributed by atoms with van der Waals surface area (Å²) in [6.07, 6.45) is 3.34. The maximum Gasteiger partial charge on any atom is 0.256 e. The number of nitrogens with two attached hydrogens (primary N) is 1. The Kier molecular flexibility index (Phi) is 4.27. The minimum absolute atomic E-state index is 0.00413. The number of nitrogens with one attached hydrogen (secondary N) is 1. The van der Waals surface area contributed by atoms with Gasteiger partial charge in [0.15, 0.2) is 0 Å². The van der Waals surface area contributed by atoms with E-state index in [1.807, 2.05) is 6.07 Å². The highest BCUT2D eigenvalue weighted by Gasteiger charge is 2.18. The van der Waals surface area contributed by atoms with Crippen LogP contribution in [0.2, 0.25) is 0 Å². The predicted molar refractivity (Wildman–Crippen MR) is 74.2 cm³/mol. The molecule has 0 aliphatic heterocycles. The average molecular weight is 274 g/mol. The monoisotopic (exact) mass is 274 g/mol. The molecular weight excluding hydrogens is 259 g/mol. The van der Waals surface area contributed by atoms with E-state index in [9.17, 15) is 9.18 Å². The summed E-state index contributed by atoms with van der Waals surface area (Å²) in [5.74, 6) is 4.39. The lowest BCUT2D eigenvalue weighted by Gasteiger charge is -2.19. The number of aromatic nitrogens is 1. The highest BCUT2D eigenvalue weighted by molar-refractivity contribution is 5.99. The van der Waals surface area contributed by atoms with Crippen LogP contribution in [0.5, 0.6) is 0 Å². The van der Waals surface area contributed by atoms with E-state index in [1.54, 1.807) is 25.5 Å². The van der Waals surface area contributed by atoms with Gasteiger partial charge in [-0.3, -0.25) is 15.6 Å². The van der Waals surface area contributed by atoms with Gasteiger partial charge in [0.05, 0.1) is 11.3 Å². The van der Waals surface area contributed by atoms with Crippen molar-refractivity contribution in [2.24, 2.45) is 5.84 Å². The second-order valence-electron chi connectivity index (χ2n) is 4.33. The van der Waals surface area contributed by atoms with Crippen LogP contribution in [0.3, 0.4) is 0 Å². The van der Waals surface area contributed by atoms with Crippen LogP contribution in [0.25, 0.3) is 0 Å². The van der Waals surface area contributed by atoms with E-state index in [2.05, 4.69) is 10.4 Å². The van der Waals surface area contributed by atoms with Crippen LogP contribution in [0, 0.1) is 5.82 Å². The number of halogens is 1. The van der Waals surface area contributed by atoms with Crippen molar-refractivity contribution in [2.45, 2.75) is 6.54 Å². The molecule has 1 aromatic heterocycles. The lowest BCUT2D eigenvalue weighted by molar-refractivity contribution is 0.0785. The summed E-state index contributed by atoms with van der Waals surface area (Å²) in [5.41, 5.74) is 3.31. The number of benzene rings is 1. The van der Waals surface area contributed by atoms with Crippen molar-refractivity contribution in [3.05, 3.63) is 59.7 Å². The number of carbonyl (C=O) groups is 1. The van der Waals surface area contributed by atoms with E-state index in [4.69, 9.17) is 5.84 Å². The zero-order valence-electron chi connectivity index (χ0n) is 11.0. The van der Waals surface area contributed by atoms with Gasteiger partial charge in [-0.1, -0.05) is 12.1 Å². The van der Waals surface area contributed by atoms with Crippen molar-refractivity contribution in [3.8, 4) is 0 Å². The van der Waals surface area contributed by atoms with Crippen molar-refractivity contribution >= 4 is 11.6 Å². The van der Waals surface area contributed by atoms with Crippen LogP contribution in [0.15, 0.2) is 42.7 Å². The van der Waals surface area contributed by atoms with Crippen LogP contribution in [0.1, 0.15) is 15.9 Å². The zero-order chi connectivity index (χ0) is 14.5. The van der Waals surface area contributed by atoms with E-state index in [-0.39, 0.29) is 17.2 Å². The summed E-state index contributed by atoms with van der Waals surface area (Å²) in [4.78, 5) is 17.8. The maximum atomic E-state index is 13.6. The van der Waals surface area contributed by atoms with Crippen LogP contribution in [-0.4, -0.2) is 22.8 Å². The number of amides is 1. The van der Waals surface area contributed by atoms with Gasteiger partial charge in [-0.05, 0) is 23.8 Å². The van der Waals surface area contributed by atoms with E-state index in [0.717, 1.165) is 5.56 Å². The number of para-hydroxylation sites is 1. The molecule has 2 rings (SSSR count).